The van der Waals surface area contributed by atoms with Gasteiger partial charge in [-0.1, -0.05) is 11.6 Å². The summed E-state index contributed by atoms with van der Waals surface area (Å²) in [6.45, 7) is 4.20. The lowest BCUT2D eigenvalue weighted by atomic mass is 9.93. The van der Waals surface area contributed by atoms with Crippen LogP contribution in [-0.4, -0.2) is 32.0 Å². The van der Waals surface area contributed by atoms with Gasteiger partial charge in [0.15, 0.2) is 0 Å². The molecule has 6 heteroatoms. The predicted molar refractivity (Wildman–Crippen MR) is 92.7 cm³/mol. The van der Waals surface area contributed by atoms with E-state index in [1.54, 1.807) is 6.20 Å². The van der Waals surface area contributed by atoms with Gasteiger partial charge in [0.1, 0.15) is 5.15 Å². The van der Waals surface area contributed by atoms with Crippen LogP contribution in [0.15, 0.2) is 24.5 Å². The molecule has 2 N–H and O–H groups in total. The zero-order chi connectivity index (χ0) is 16.4. The Hall–Kier alpha value is -1.59. The summed E-state index contributed by atoms with van der Waals surface area (Å²) in [7, 11) is 0. The van der Waals surface area contributed by atoms with E-state index in [1.807, 2.05) is 23.0 Å². The van der Waals surface area contributed by atoms with Crippen molar-refractivity contribution >= 4 is 17.3 Å². The average Bonchev–Trinajstić information content (AvgIpc) is 3.00. The van der Waals surface area contributed by atoms with Crippen molar-refractivity contribution in [3.05, 3.63) is 29.7 Å². The van der Waals surface area contributed by atoms with Gasteiger partial charge in [0.2, 0.25) is 0 Å². The molecule has 0 bridgehead atoms. The van der Waals surface area contributed by atoms with Crippen molar-refractivity contribution in [2.45, 2.75) is 57.7 Å². The molecule has 0 unspecified atom stereocenters. The van der Waals surface area contributed by atoms with E-state index in [0.29, 0.717) is 17.2 Å². The van der Waals surface area contributed by atoms with Crippen LogP contribution < -0.4 is 5.32 Å². The molecule has 0 saturated heterocycles. The monoisotopic (exact) mass is 334 g/mol. The third-order valence-corrected chi connectivity index (χ3v) is 4.55. The van der Waals surface area contributed by atoms with Crippen molar-refractivity contribution in [2.75, 3.05) is 5.32 Å². The molecular weight excluding hydrogens is 312 g/mol. The second-order valence-corrected chi connectivity index (χ2v) is 6.86. The third kappa shape index (κ3) is 3.85. The topological polar surface area (TPSA) is 63.0 Å². The normalized spacial score (nSPS) is 21.6. The number of nitrogens with one attached hydrogen (secondary N) is 1. The predicted octanol–water partition coefficient (Wildman–Crippen LogP) is 3.89. The average molecular weight is 335 g/mol. The fraction of sp³-hybridized carbons (Fsp3) is 0.529. The summed E-state index contributed by atoms with van der Waals surface area (Å²) < 4.78 is 1.94. The Morgan fingerprint density at radius 1 is 1.30 bits per heavy atom. The highest BCUT2D eigenvalue weighted by Gasteiger charge is 2.21. The van der Waals surface area contributed by atoms with Crippen LogP contribution in [0.4, 0.5) is 5.69 Å². The summed E-state index contributed by atoms with van der Waals surface area (Å²) in [5.74, 6) is 0. The first-order valence-corrected chi connectivity index (χ1v) is 8.56. The lowest BCUT2D eigenvalue weighted by Gasteiger charge is -2.27. The summed E-state index contributed by atoms with van der Waals surface area (Å²) >= 11 is 6.08. The van der Waals surface area contributed by atoms with Gasteiger partial charge in [0, 0.05) is 35.7 Å². The van der Waals surface area contributed by atoms with Gasteiger partial charge in [-0.15, -0.1) is 0 Å². The van der Waals surface area contributed by atoms with Crippen LogP contribution >= 0.6 is 11.6 Å². The Bertz CT molecular complexity index is 662. The molecule has 23 heavy (non-hydrogen) atoms. The zero-order valence-corrected chi connectivity index (χ0v) is 14.3. The van der Waals surface area contributed by atoms with Crippen molar-refractivity contribution in [1.82, 2.24) is 14.8 Å². The van der Waals surface area contributed by atoms with Crippen LogP contribution in [0, 0.1) is 0 Å². The Labute approximate surface area is 141 Å². The number of aliphatic hydroxyl groups excluding tert-OH is 1. The zero-order valence-electron chi connectivity index (χ0n) is 13.5. The van der Waals surface area contributed by atoms with Gasteiger partial charge >= 0.3 is 0 Å². The Morgan fingerprint density at radius 2 is 2.04 bits per heavy atom. The maximum atomic E-state index is 9.65. The summed E-state index contributed by atoms with van der Waals surface area (Å²) in [4.78, 5) is 4.21. The van der Waals surface area contributed by atoms with Crippen LogP contribution in [-0.2, 0) is 0 Å². The lowest BCUT2D eigenvalue weighted by molar-refractivity contribution is 0.126. The molecule has 0 radical (unpaired) electrons. The highest BCUT2D eigenvalue weighted by atomic mass is 35.5. The number of aliphatic hydroxyl groups is 1. The molecule has 0 atom stereocenters. The molecule has 3 rings (SSSR count). The van der Waals surface area contributed by atoms with E-state index in [2.05, 4.69) is 29.2 Å². The van der Waals surface area contributed by atoms with E-state index >= 15 is 0 Å². The molecule has 5 nitrogen and oxygen atoms in total. The van der Waals surface area contributed by atoms with Crippen molar-refractivity contribution < 1.29 is 5.11 Å². The van der Waals surface area contributed by atoms with Crippen LogP contribution in [0.5, 0.6) is 0 Å². The Morgan fingerprint density at radius 3 is 2.70 bits per heavy atom. The molecule has 0 aromatic carbocycles. The lowest BCUT2D eigenvalue weighted by Crippen LogP contribution is -2.28. The first-order chi connectivity index (χ1) is 11.0. The minimum Gasteiger partial charge on any atom is -0.393 e. The number of hydrogen-bond donors (Lipinski definition) is 2. The first kappa shape index (κ1) is 16.3. The van der Waals surface area contributed by atoms with E-state index in [-0.39, 0.29) is 6.10 Å². The number of halogens is 1. The summed E-state index contributed by atoms with van der Waals surface area (Å²) in [6.07, 6.45) is 7.20. The number of hydrogen-bond acceptors (Lipinski definition) is 4. The quantitative estimate of drug-likeness (QED) is 0.832. The molecule has 1 fully saturated rings. The number of pyridine rings is 1. The summed E-state index contributed by atoms with van der Waals surface area (Å²) in [5, 5.41) is 18.3. The number of anilines is 1. The molecule has 1 aliphatic carbocycles. The molecular formula is C17H23ClN4O. The molecule has 0 spiro atoms. The third-order valence-electron chi connectivity index (χ3n) is 4.34. The van der Waals surface area contributed by atoms with Crippen molar-refractivity contribution in [1.29, 1.82) is 0 Å². The van der Waals surface area contributed by atoms with Crippen LogP contribution in [0.3, 0.4) is 0 Å². The molecule has 1 saturated carbocycles. The fourth-order valence-electron chi connectivity index (χ4n) is 2.96. The highest BCUT2D eigenvalue weighted by Crippen LogP contribution is 2.31. The van der Waals surface area contributed by atoms with Crippen LogP contribution in [0.25, 0.3) is 11.3 Å². The second-order valence-electron chi connectivity index (χ2n) is 6.48. The van der Waals surface area contributed by atoms with Gasteiger partial charge < -0.3 is 10.4 Å². The number of nitrogens with zero attached hydrogens (tertiary/aromatic N) is 3. The largest absolute Gasteiger partial charge is 0.393 e. The number of rotatable bonds is 4. The summed E-state index contributed by atoms with van der Waals surface area (Å²) in [5.41, 5.74) is 2.81. The Balaban J connectivity index is 1.85. The second kappa shape index (κ2) is 6.89. The molecule has 124 valence electrons. The smallest absolute Gasteiger partial charge is 0.131 e. The van der Waals surface area contributed by atoms with Gasteiger partial charge in [-0.05, 0) is 51.7 Å². The van der Waals surface area contributed by atoms with Crippen molar-refractivity contribution in [3.8, 4) is 11.3 Å². The Kier molecular flexibility index (Phi) is 4.87. The van der Waals surface area contributed by atoms with Gasteiger partial charge in [0.25, 0.3) is 0 Å². The fourth-order valence-corrected chi connectivity index (χ4v) is 3.12. The van der Waals surface area contributed by atoms with E-state index in [4.69, 9.17) is 11.6 Å². The molecule has 2 aromatic heterocycles. The molecule has 1 aliphatic rings. The molecule has 0 aliphatic heterocycles. The minimum absolute atomic E-state index is 0.157. The van der Waals surface area contributed by atoms with Crippen LogP contribution in [0.2, 0.25) is 5.15 Å². The highest BCUT2D eigenvalue weighted by molar-refractivity contribution is 6.29. The number of aromatic nitrogens is 3. The van der Waals surface area contributed by atoms with Crippen LogP contribution in [0.1, 0.15) is 45.6 Å². The molecule has 2 aromatic rings. The van der Waals surface area contributed by atoms with Gasteiger partial charge in [-0.3, -0.25) is 4.68 Å². The van der Waals surface area contributed by atoms with Gasteiger partial charge in [-0.25, -0.2) is 4.98 Å². The first-order valence-electron chi connectivity index (χ1n) is 8.18. The summed E-state index contributed by atoms with van der Waals surface area (Å²) in [6, 6.07) is 4.53. The van der Waals surface area contributed by atoms with Gasteiger partial charge in [-0.2, -0.15) is 5.10 Å². The van der Waals surface area contributed by atoms with Gasteiger partial charge in [0.05, 0.1) is 11.8 Å². The molecule has 2 heterocycles. The van der Waals surface area contributed by atoms with E-state index < -0.39 is 0 Å². The maximum Gasteiger partial charge on any atom is 0.131 e. The maximum absolute atomic E-state index is 9.65. The van der Waals surface area contributed by atoms with E-state index in [9.17, 15) is 5.11 Å². The SMILES string of the molecule is CC(C)n1ccc(-c2cnc(Cl)cc2NC2CCC(O)CC2)n1. The van der Waals surface area contributed by atoms with E-state index in [0.717, 1.165) is 42.6 Å². The standard InChI is InChI=1S/C17H23ClN4O/c1-11(2)22-8-7-15(21-22)14-10-19-17(18)9-16(14)20-12-3-5-13(23)6-4-12/h7-13,23H,3-6H2,1-2H3,(H,19,20). The van der Waals surface area contributed by atoms with Crippen molar-refractivity contribution in [3.63, 3.8) is 0 Å². The minimum atomic E-state index is -0.157. The van der Waals surface area contributed by atoms with Crippen molar-refractivity contribution in [2.24, 2.45) is 0 Å². The van der Waals surface area contributed by atoms with E-state index in [1.165, 1.54) is 0 Å². The molecule has 0 amide bonds.